The molecule has 0 aromatic rings. The summed E-state index contributed by atoms with van der Waals surface area (Å²) in [6.45, 7) is 3.98. The molecule has 0 aromatic carbocycles. The molecular weight excluding hydrogens is 247 g/mol. The van der Waals surface area contributed by atoms with E-state index in [9.17, 15) is 9.59 Å². The average molecular weight is 267 g/mol. The van der Waals surface area contributed by atoms with E-state index in [0.717, 1.165) is 38.5 Å². The fourth-order valence-electron chi connectivity index (χ4n) is 1.81. The average Bonchev–Trinajstić information content (AvgIpc) is 2.21. The second-order valence-electron chi connectivity index (χ2n) is 4.13. The van der Waals surface area contributed by atoms with E-state index in [2.05, 4.69) is 0 Å². The highest BCUT2D eigenvalue weighted by molar-refractivity contribution is 6.64. The van der Waals surface area contributed by atoms with Gasteiger partial charge in [0.1, 0.15) is 0 Å². The van der Waals surface area contributed by atoms with Crippen LogP contribution in [0.4, 0.5) is 0 Å². The Labute approximate surface area is 108 Å². The molecule has 0 saturated heterocycles. The highest BCUT2D eigenvalue weighted by Gasteiger charge is 2.18. The van der Waals surface area contributed by atoms with Gasteiger partial charge in [-0.15, -0.1) is 0 Å². The summed E-state index contributed by atoms with van der Waals surface area (Å²) in [5, 5.41) is -0.529. The first-order chi connectivity index (χ1) is 7.52. The zero-order valence-corrected chi connectivity index (χ0v) is 11.5. The number of hydrogen-bond donors (Lipinski definition) is 0. The van der Waals surface area contributed by atoms with Crippen molar-refractivity contribution in [2.45, 2.75) is 52.4 Å². The Morgan fingerprint density at radius 3 is 1.81 bits per heavy atom. The third-order valence-corrected chi connectivity index (χ3v) is 3.49. The second kappa shape index (κ2) is 9.00. The molecule has 0 aliphatic carbocycles. The van der Waals surface area contributed by atoms with Gasteiger partial charge < -0.3 is 0 Å². The van der Waals surface area contributed by atoms with Crippen LogP contribution in [0, 0.1) is 11.8 Å². The Bertz CT molecular complexity index is 229. The van der Waals surface area contributed by atoms with Gasteiger partial charge in [0.2, 0.25) is 10.5 Å². The summed E-state index contributed by atoms with van der Waals surface area (Å²) in [5.74, 6) is -0.135. The zero-order valence-electron chi connectivity index (χ0n) is 9.97. The Balaban J connectivity index is 3.93. The van der Waals surface area contributed by atoms with Gasteiger partial charge >= 0.3 is 0 Å². The van der Waals surface area contributed by atoms with Gasteiger partial charge in [-0.3, -0.25) is 9.59 Å². The van der Waals surface area contributed by atoms with Crippen LogP contribution in [0.5, 0.6) is 0 Å². The maximum Gasteiger partial charge on any atom is 0.224 e. The number of hydrogen-bond acceptors (Lipinski definition) is 2. The largest absolute Gasteiger partial charge is 0.281 e. The van der Waals surface area contributed by atoms with Gasteiger partial charge in [0.15, 0.2) is 0 Å². The quantitative estimate of drug-likeness (QED) is 0.588. The maximum absolute atomic E-state index is 11.1. The molecule has 0 rings (SSSR count). The third kappa shape index (κ3) is 6.49. The van der Waals surface area contributed by atoms with Crippen LogP contribution in [0.25, 0.3) is 0 Å². The molecule has 0 heterocycles. The zero-order chi connectivity index (χ0) is 12.6. The summed E-state index contributed by atoms with van der Waals surface area (Å²) in [6.07, 6.45) is 4.89. The summed E-state index contributed by atoms with van der Waals surface area (Å²) < 4.78 is 0. The normalized spacial score (nSPS) is 14.5. The van der Waals surface area contributed by atoms with Crippen LogP contribution in [-0.4, -0.2) is 10.5 Å². The number of carbonyl (C=O) groups excluding carboxylic acids is 2. The molecule has 0 bridgehead atoms. The van der Waals surface area contributed by atoms with Crippen LogP contribution in [-0.2, 0) is 9.59 Å². The third-order valence-electron chi connectivity index (χ3n) is 2.88. The van der Waals surface area contributed by atoms with Crippen molar-refractivity contribution in [1.29, 1.82) is 0 Å². The molecule has 2 nitrogen and oxygen atoms in total. The molecule has 16 heavy (non-hydrogen) atoms. The van der Waals surface area contributed by atoms with Gasteiger partial charge in [0, 0.05) is 11.8 Å². The van der Waals surface area contributed by atoms with Crippen molar-refractivity contribution in [2.24, 2.45) is 11.8 Å². The standard InChI is InChI=1S/C12H20Cl2O2/c1-3-6-10(12(14)16)8-5-7-9(4-2)11(13)15/h9-10H,3-8H2,1-2H3. The molecule has 4 heteroatoms. The minimum atomic E-state index is -0.272. The Morgan fingerprint density at radius 2 is 1.44 bits per heavy atom. The van der Waals surface area contributed by atoms with E-state index in [4.69, 9.17) is 23.2 Å². The topological polar surface area (TPSA) is 34.1 Å². The van der Waals surface area contributed by atoms with Gasteiger partial charge in [-0.2, -0.15) is 0 Å². The van der Waals surface area contributed by atoms with Crippen LogP contribution in [0.2, 0.25) is 0 Å². The van der Waals surface area contributed by atoms with Crippen LogP contribution in [0.3, 0.4) is 0 Å². The summed E-state index contributed by atoms with van der Waals surface area (Å²) >= 11 is 11.0. The number of halogens is 2. The SMILES string of the molecule is CCCC(CCCC(CC)C(=O)Cl)C(=O)Cl. The van der Waals surface area contributed by atoms with Crippen LogP contribution < -0.4 is 0 Å². The molecule has 2 unspecified atom stereocenters. The second-order valence-corrected chi connectivity index (χ2v) is 4.87. The summed E-state index contributed by atoms with van der Waals surface area (Å²) in [7, 11) is 0. The van der Waals surface area contributed by atoms with E-state index >= 15 is 0 Å². The van der Waals surface area contributed by atoms with Crippen LogP contribution in [0.1, 0.15) is 52.4 Å². The molecule has 0 radical (unpaired) electrons. The summed E-state index contributed by atoms with van der Waals surface area (Å²) in [5.41, 5.74) is 0. The molecule has 0 aliphatic heterocycles. The van der Waals surface area contributed by atoms with Crippen molar-refractivity contribution in [2.75, 3.05) is 0 Å². The van der Waals surface area contributed by atoms with E-state index < -0.39 is 0 Å². The summed E-state index contributed by atoms with van der Waals surface area (Å²) in [4.78, 5) is 22.1. The van der Waals surface area contributed by atoms with E-state index in [1.165, 1.54) is 0 Å². The van der Waals surface area contributed by atoms with Crippen molar-refractivity contribution in [3.05, 3.63) is 0 Å². The lowest BCUT2D eigenvalue weighted by Gasteiger charge is -2.13. The van der Waals surface area contributed by atoms with Crippen molar-refractivity contribution in [3.63, 3.8) is 0 Å². The lowest BCUT2D eigenvalue weighted by molar-refractivity contribution is -0.115. The maximum atomic E-state index is 11.1. The summed E-state index contributed by atoms with van der Waals surface area (Å²) in [6, 6.07) is 0. The molecular formula is C12H20Cl2O2. The van der Waals surface area contributed by atoms with E-state index in [1.807, 2.05) is 13.8 Å². The predicted molar refractivity (Wildman–Crippen MR) is 67.8 cm³/mol. The molecule has 0 aliphatic rings. The minimum Gasteiger partial charge on any atom is -0.281 e. The first-order valence-corrected chi connectivity index (χ1v) is 6.67. The van der Waals surface area contributed by atoms with Crippen molar-refractivity contribution >= 4 is 33.7 Å². The highest BCUT2D eigenvalue weighted by Crippen LogP contribution is 2.22. The number of carbonyl (C=O) groups is 2. The van der Waals surface area contributed by atoms with Gasteiger partial charge in [-0.1, -0.05) is 26.7 Å². The smallest absolute Gasteiger partial charge is 0.224 e. The van der Waals surface area contributed by atoms with E-state index in [0.29, 0.717) is 0 Å². The molecule has 94 valence electrons. The molecule has 2 atom stereocenters. The molecule has 0 spiro atoms. The Morgan fingerprint density at radius 1 is 0.938 bits per heavy atom. The van der Waals surface area contributed by atoms with Gasteiger partial charge in [-0.25, -0.2) is 0 Å². The predicted octanol–water partition coefficient (Wildman–Crippen LogP) is 4.13. The fraction of sp³-hybridized carbons (Fsp3) is 0.833. The van der Waals surface area contributed by atoms with Gasteiger partial charge in [0.25, 0.3) is 0 Å². The van der Waals surface area contributed by atoms with Gasteiger partial charge in [0.05, 0.1) is 0 Å². The van der Waals surface area contributed by atoms with Crippen LogP contribution in [0.15, 0.2) is 0 Å². The van der Waals surface area contributed by atoms with Crippen molar-refractivity contribution in [3.8, 4) is 0 Å². The van der Waals surface area contributed by atoms with E-state index in [-0.39, 0.29) is 22.3 Å². The highest BCUT2D eigenvalue weighted by atomic mass is 35.5. The van der Waals surface area contributed by atoms with Crippen molar-refractivity contribution in [1.82, 2.24) is 0 Å². The monoisotopic (exact) mass is 266 g/mol. The Hall–Kier alpha value is -0.0800. The minimum absolute atomic E-state index is 0.0606. The lowest BCUT2D eigenvalue weighted by Crippen LogP contribution is -2.11. The Kier molecular flexibility index (Phi) is 8.96. The molecule has 0 fully saturated rings. The first-order valence-electron chi connectivity index (χ1n) is 5.91. The van der Waals surface area contributed by atoms with E-state index in [1.54, 1.807) is 0 Å². The first kappa shape index (κ1) is 15.9. The number of rotatable bonds is 9. The molecule has 0 amide bonds. The lowest BCUT2D eigenvalue weighted by atomic mass is 9.94. The fourth-order valence-corrected chi connectivity index (χ4v) is 2.29. The molecule has 0 aromatic heterocycles. The van der Waals surface area contributed by atoms with Crippen LogP contribution >= 0.6 is 23.2 Å². The molecule has 0 N–H and O–H groups in total. The van der Waals surface area contributed by atoms with Crippen molar-refractivity contribution < 1.29 is 9.59 Å². The van der Waals surface area contributed by atoms with Gasteiger partial charge in [-0.05, 0) is 48.9 Å². The molecule has 0 saturated carbocycles.